The first-order valence-electron chi connectivity index (χ1n) is 5.24. The third-order valence-electron chi connectivity index (χ3n) is 2.23. The number of terminal acetylenes is 1. The average molecular weight is 235 g/mol. The molecule has 0 aromatic carbocycles. The summed E-state index contributed by atoms with van der Waals surface area (Å²) in [5.41, 5.74) is -1.10. The summed E-state index contributed by atoms with van der Waals surface area (Å²) in [6.45, 7) is 2.31. The minimum atomic E-state index is -1.10. The van der Waals surface area contributed by atoms with Crippen molar-refractivity contribution in [3.05, 3.63) is 24.2 Å². The van der Waals surface area contributed by atoms with E-state index in [1.807, 2.05) is 0 Å². The van der Waals surface area contributed by atoms with Crippen LogP contribution in [0.1, 0.15) is 12.7 Å². The maximum absolute atomic E-state index is 10.2. The zero-order chi connectivity index (χ0) is 12.7. The Hall–Kier alpha value is -1.93. The minimum Gasteiger partial charge on any atom is -0.466 e. The quantitative estimate of drug-likeness (QED) is 0.398. The maximum atomic E-state index is 10.2. The first-order chi connectivity index (χ1) is 8.10. The lowest BCUT2D eigenvalue weighted by molar-refractivity contribution is 0.0386. The number of hydrogen-bond acceptors (Lipinski definition) is 3. The van der Waals surface area contributed by atoms with Gasteiger partial charge in [0.25, 0.3) is 0 Å². The highest BCUT2D eigenvalue weighted by Crippen LogP contribution is 2.19. The summed E-state index contributed by atoms with van der Waals surface area (Å²) in [6, 6.07) is 3.45. The lowest BCUT2D eigenvalue weighted by Crippen LogP contribution is -2.44. The van der Waals surface area contributed by atoms with Gasteiger partial charge >= 0.3 is 0 Å². The molecule has 5 nitrogen and oxygen atoms in total. The lowest BCUT2D eigenvalue weighted by Gasteiger charge is -2.22. The Kier molecular flexibility index (Phi) is 4.61. The van der Waals surface area contributed by atoms with Gasteiger partial charge in [0, 0.05) is 7.05 Å². The number of furan rings is 1. The van der Waals surface area contributed by atoms with Gasteiger partial charge < -0.3 is 20.2 Å². The summed E-state index contributed by atoms with van der Waals surface area (Å²) in [7, 11) is 1.63. The molecule has 5 heteroatoms. The molecule has 92 valence electrons. The smallest absolute Gasteiger partial charge is 0.191 e. The number of aliphatic hydroxyl groups is 1. The van der Waals surface area contributed by atoms with Crippen LogP contribution < -0.4 is 10.6 Å². The summed E-state index contributed by atoms with van der Waals surface area (Å²) >= 11 is 0. The molecule has 0 saturated carbocycles. The summed E-state index contributed by atoms with van der Waals surface area (Å²) in [6.07, 6.45) is 6.65. The molecule has 0 aliphatic rings. The van der Waals surface area contributed by atoms with Crippen LogP contribution in [0, 0.1) is 12.3 Å². The van der Waals surface area contributed by atoms with Crippen molar-refractivity contribution in [3.63, 3.8) is 0 Å². The van der Waals surface area contributed by atoms with Crippen LogP contribution in [0.25, 0.3) is 0 Å². The number of nitrogens with one attached hydrogen (secondary N) is 2. The summed E-state index contributed by atoms with van der Waals surface area (Å²) in [4.78, 5) is 3.97. The van der Waals surface area contributed by atoms with E-state index < -0.39 is 5.60 Å². The van der Waals surface area contributed by atoms with Crippen molar-refractivity contribution in [3.8, 4) is 12.3 Å². The zero-order valence-corrected chi connectivity index (χ0v) is 10.0. The Labute approximate surface area is 101 Å². The average Bonchev–Trinajstić information content (AvgIpc) is 2.83. The molecule has 0 saturated heterocycles. The Morgan fingerprint density at radius 2 is 2.41 bits per heavy atom. The molecular weight excluding hydrogens is 218 g/mol. The second kappa shape index (κ2) is 5.97. The van der Waals surface area contributed by atoms with Crippen molar-refractivity contribution in [2.75, 3.05) is 20.1 Å². The van der Waals surface area contributed by atoms with Crippen LogP contribution in [0.3, 0.4) is 0 Å². The number of rotatable bonds is 4. The van der Waals surface area contributed by atoms with Gasteiger partial charge in [-0.2, -0.15) is 0 Å². The summed E-state index contributed by atoms with van der Waals surface area (Å²) in [5, 5.41) is 16.0. The SMILES string of the molecule is C#CCNC(=NC)NCC(C)(O)c1ccco1. The van der Waals surface area contributed by atoms with Gasteiger partial charge in [0.15, 0.2) is 5.96 Å². The fraction of sp³-hybridized carbons (Fsp3) is 0.417. The van der Waals surface area contributed by atoms with Gasteiger partial charge in [0.05, 0.1) is 19.4 Å². The first-order valence-corrected chi connectivity index (χ1v) is 5.24. The molecule has 0 radical (unpaired) electrons. The number of guanidine groups is 1. The van der Waals surface area contributed by atoms with Crippen LogP contribution >= 0.6 is 0 Å². The van der Waals surface area contributed by atoms with E-state index in [2.05, 4.69) is 21.5 Å². The van der Waals surface area contributed by atoms with Gasteiger partial charge in [-0.3, -0.25) is 4.99 Å². The predicted octanol–water partition coefficient (Wildman–Crippen LogP) is 0.285. The van der Waals surface area contributed by atoms with E-state index in [4.69, 9.17) is 10.8 Å². The van der Waals surface area contributed by atoms with Gasteiger partial charge in [0.2, 0.25) is 0 Å². The van der Waals surface area contributed by atoms with Crippen molar-refractivity contribution in [2.24, 2.45) is 4.99 Å². The number of nitrogens with zero attached hydrogens (tertiary/aromatic N) is 1. The van der Waals surface area contributed by atoms with Crippen LogP contribution in [-0.4, -0.2) is 31.2 Å². The fourth-order valence-electron chi connectivity index (χ4n) is 1.28. The molecule has 1 atom stereocenters. The second-order valence-corrected chi connectivity index (χ2v) is 3.73. The molecule has 17 heavy (non-hydrogen) atoms. The Balaban J connectivity index is 2.52. The van der Waals surface area contributed by atoms with Crippen molar-refractivity contribution < 1.29 is 9.52 Å². The maximum Gasteiger partial charge on any atom is 0.191 e. The topological polar surface area (TPSA) is 69.8 Å². The third kappa shape index (κ3) is 3.85. The molecule has 1 unspecified atom stereocenters. The van der Waals surface area contributed by atoms with Crippen molar-refractivity contribution in [2.45, 2.75) is 12.5 Å². The number of aliphatic imine (C=N–C) groups is 1. The molecule has 1 heterocycles. The molecule has 0 fully saturated rings. The fourth-order valence-corrected chi connectivity index (χ4v) is 1.28. The van der Waals surface area contributed by atoms with Crippen molar-refractivity contribution >= 4 is 5.96 Å². The lowest BCUT2D eigenvalue weighted by atomic mass is 10.0. The van der Waals surface area contributed by atoms with Crippen molar-refractivity contribution in [1.29, 1.82) is 0 Å². The summed E-state index contributed by atoms with van der Waals surface area (Å²) < 4.78 is 5.16. The molecule has 3 N–H and O–H groups in total. The largest absolute Gasteiger partial charge is 0.466 e. The van der Waals surface area contributed by atoms with Gasteiger partial charge in [-0.1, -0.05) is 5.92 Å². The Morgan fingerprint density at radius 1 is 1.65 bits per heavy atom. The van der Waals surface area contributed by atoms with E-state index in [0.717, 1.165) is 0 Å². The van der Waals surface area contributed by atoms with E-state index in [1.165, 1.54) is 6.26 Å². The number of hydrogen-bond donors (Lipinski definition) is 3. The van der Waals surface area contributed by atoms with Gasteiger partial charge in [-0.25, -0.2) is 0 Å². The van der Waals surface area contributed by atoms with E-state index >= 15 is 0 Å². The predicted molar refractivity (Wildman–Crippen MR) is 66.5 cm³/mol. The molecule has 0 spiro atoms. The third-order valence-corrected chi connectivity index (χ3v) is 2.23. The highest BCUT2D eigenvalue weighted by Gasteiger charge is 2.26. The molecule has 1 aromatic heterocycles. The molecule has 1 rings (SSSR count). The molecular formula is C12H17N3O2. The molecule has 0 bridgehead atoms. The first kappa shape index (κ1) is 13.1. The van der Waals surface area contributed by atoms with E-state index in [-0.39, 0.29) is 6.54 Å². The highest BCUT2D eigenvalue weighted by molar-refractivity contribution is 5.79. The second-order valence-electron chi connectivity index (χ2n) is 3.73. The minimum absolute atomic E-state index is 0.269. The van der Waals surface area contributed by atoms with E-state index in [1.54, 1.807) is 26.1 Å². The molecule has 1 aromatic rings. The van der Waals surface area contributed by atoms with Crippen molar-refractivity contribution in [1.82, 2.24) is 10.6 Å². The standard InChI is InChI=1S/C12H17N3O2/c1-4-7-14-11(13-3)15-9-12(2,16)10-6-5-8-17-10/h1,5-6,8,16H,7,9H2,2-3H3,(H2,13,14,15). The highest BCUT2D eigenvalue weighted by atomic mass is 16.4. The molecule has 0 amide bonds. The molecule has 0 aliphatic carbocycles. The van der Waals surface area contributed by atoms with Gasteiger partial charge in [-0.05, 0) is 19.1 Å². The van der Waals surface area contributed by atoms with E-state index in [9.17, 15) is 5.11 Å². The van der Waals surface area contributed by atoms with Crippen LogP contribution in [0.5, 0.6) is 0 Å². The normalized spacial score (nSPS) is 14.8. The van der Waals surface area contributed by atoms with Crippen LogP contribution in [-0.2, 0) is 5.60 Å². The zero-order valence-electron chi connectivity index (χ0n) is 10.0. The Morgan fingerprint density at radius 3 is 2.94 bits per heavy atom. The van der Waals surface area contributed by atoms with Crippen LogP contribution in [0.15, 0.2) is 27.8 Å². The van der Waals surface area contributed by atoms with Gasteiger partial charge in [0.1, 0.15) is 11.4 Å². The molecule has 0 aliphatic heterocycles. The Bertz CT molecular complexity index is 402. The van der Waals surface area contributed by atoms with E-state index in [0.29, 0.717) is 18.3 Å². The van der Waals surface area contributed by atoms with Crippen LogP contribution in [0.4, 0.5) is 0 Å². The monoisotopic (exact) mass is 235 g/mol. The van der Waals surface area contributed by atoms with Crippen LogP contribution in [0.2, 0.25) is 0 Å². The van der Waals surface area contributed by atoms with Gasteiger partial charge in [-0.15, -0.1) is 6.42 Å². The summed E-state index contributed by atoms with van der Waals surface area (Å²) in [5.74, 6) is 3.48.